The molecule has 0 saturated carbocycles. The molecule has 0 fully saturated rings. The van der Waals surface area contributed by atoms with Crippen molar-refractivity contribution >= 4 is 11.8 Å². The second-order valence-electron chi connectivity index (χ2n) is 7.27. The molecule has 0 bridgehead atoms. The number of benzene rings is 2. The van der Waals surface area contributed by atoms with Crippen molar-refractivity contribution in [2.24, 2.45) is 0 Å². The molecule has 6 heteroatoms. The number of rotatable bonds is 11. The smallest absolute Gasteiger partial charge is 0.261 e. The largest absolute Gasteiger partial charge is 0.493 e. The lowest BCUT2D eigenvalue weighted by atomic mass is 10.1. The van der Waals surface area contributed by atoms with E-state index in [1.54, 1.807) is 31.1 Å². The van der Waals surface area contributed by atoms with Gasteiger partial charge in [-0.25, -0.2) is 0 Å². The molecule has 6 nitrogen and oxygen atoms in total. The first kappa shape index (κ1) is 23.3. The molecule has 2 aromatic carbocycles. The summed E-state index contributed by atoms with van der Waals surface area (Å²) in [5.74, 6) is 0.616. The van der Waals surface area contributed by atoms with Crippen molar-refractivity contribution < 1.29 is 19.1 Å². The van der Waals surface area contributed by atoms with Crippen LogP contribution in [0.4, 0.5) is 0 Å². The number of hydrogen-bond acceptors (Lipinski definition) is 4. The van der Waals surface area contributed by atoms with Crippen molar-refractivity contribution in [3.05, 3.63) is 59.7 Å². The lowest BCUT2D eigenvalue weighted by Gasteiger charge is -2.29. The second kappa shape index (κ2) is 11.9. The highest BCUT2D eigenvalue weighted by Crippen LogP contribution is 2.25. The Morgan fingerprint density at radius 3 is 2.37 bits per heavy atom. The average Bonchev–Trinajstić information content (AvgIpc) is 2.76. The molecule has 0 heterocycles. The number of hydrogen-bond donors (Lipinski definition) is 1. The lowest BCUT2D eigenvalue weighted by molar-refractivity contribution is -0.142. The van der Waals surface area contributed by atoms with Gasteiger partial charge in [0.2, 0.25) is 5.91 Å². The number of ether oxygens (including phenoxy) is 2. The lowest BCUT2D eigenvalue weighted by Crippen LogP contribution is -2.49. The highest BCUT2D eigenvalue weighted by molar-refractivity contribution is 5.88. The molecule has 2 amide bonds. The third-order valence-corrected chi connectivity index (χ3v) is 4.89. The summed E-state index contributed by atoms with van der Waals surface area (Å²) in [6.07, 6.45) is 1.90. The van der Waals surface area contributed by atoms with Gasteiger partial charge in [-0.1, -0.05) is 55.3 Å². The monoisotopic (exact) mass is 412 g/mol. The van der Waals surface area contributed by atoms with Crippen molar-refractivity contribution in [2.75, 3.05) is 20.3 Å². The molecule has 0 aromatic heterocycles. The Morgan fingerprint density at radius 1 is 1.07 bits per heavy atom. The standard InChI is InChI=1S/C24H32N2O4/c1-5-6-15-25-24(28)19(3)26(16-20-13-11-18(2)12-14-20)23(27)17-30-22-10-8-7-9-21(22)29-4/h7-14,19H,5-6,15-17H2,1-4H3,(H,25,28)/t19-/m1/s1. The summed E-state index contributed by atoms with van der Waals surface area (Å²) in [6.45, 7) is 6.57. The quantitative estimate of drug-likeness (QED) is 0.571. The number of carbonyl (C=O) groups excluding carboxylic acids is 2. The topological polar surface area (TPSA) is 67.9 Å². The first-order valence-electron chi connectivity index (χ1n) is 10.3. The van der Waals surface area contributed by atoms with Gasteiger partial charge in [0.1, 0.15) is 6.04 Å². The average molecular weight is 413 g/mol. The van der Waals surface area contributed by atoms with Crippen molar-refractivity contribution in [1.82, 2.24) is 10.2 Å². The molecule has 0 spiro atoms. The zero-order valence-corrected chi connectivity index (χ0v) is 18.3. The van der Waals surface area contributed by atoms with Crippen LogP contribution >= 0.6 is 0 Å². The van der Waals surface area contributed by atoms with Crippen molar-refractivity contribution in [1.29, 1.82) is 0 Å². The van der Waals surface area contributed by atoms with Gasteiger partial charge in [-0.15, -0.1) is 0 Å². The molecular formula is C24H32N2O4. The molecule has 30 heavy (non-hydrogen) atoms. The summed E-state index contributed by atoms with van der Waals surface area (Å²) in [4.78, 5) is 27.2. The third kappa shape index (κ3) is 6.79. The zero-order valence-electron chi connectivity index (χ0n) is 18.3. The first-order chi connectivity index (χ1) is 14.5. The Labute approximate surface area is 179 Å². The molecule has 162 valence electrons. The van der Waals surface area contributed by atoms with Crippen LogP contribution in [0.5, 0.6) is 11.5 Å². The SMILES string of the molecule is CCCCNC(=O)[C@@H](C)N(Cc1ccc(C)cc1)C(=O)COc1ccccc1OC. The van der Waals surface area contributed by atoms with Crippen LogP contribution in [-0.2, 0) is 16.1 Å². The van der Waals surface area contributed by atoms with Gasteiger partial charge in [-0.05, 0) is 38.0 Å². The van der Waals surface area contributed by atoms with Gasteiger partial charge in [0.15, 0.2) is 18.1 Å². The van der Waals surface area contributed by atoms with Gasteiger partial charge in [0.05, 0.1) is 7.11 Å². The van der Waals surface area contributed by atoms with Gasteiger partial charge in [-0.2, -0.15) is 0 Å². The maximum Gasteiger partial charge on any atom is 0.261 e. The van der Waals surface area contributed by atoms with E-state index in [0.717, 1.165) is 24.0 Å². The predicted octanol–water partition coefficient (Wildman–Crippen LogP) is 3.72. The number of nitrogens with one attached hydrogen (secondary N) is 1. The second-order valence-corrected chi connectivity index (χ2v) is 7.27. The molecular weight excluding hydrogens is 380 g/mol. The number of nitrogens with zero attached hydrogens (tertiary/aromatic N) is 1. The molecule has 2 aromatic rings. The third-order valence-electron chi connectivity index (χ3n) is 4.89. The molecule has 0 aliphatic heterocycles. The normalized spacial score (nSPS) is 11.5. The van der Waals surface area contributed by atoms with E-state index < -0.39 is 6.04 Å². The Morgan fingerprint density at radius 2 is 1.73 bits per heavy atom. The molecule has 0 radical (unpaired) electrons. The number of methoxy groups -OCH3 is 1. The summed E-state index contributed by atoms with van der Waals surface area (Å²) in [7, 11) is 1.55. The van der Waals surface area contributed by atoms with E-state index in [-0.39, 0.29) is 18.4 Å². The van der Waals surface area contributed by atoms with E-state index in [0.29, 0.717) is 24.6 Å². The van der Waals surface area contributed by atoms with E-state index in [9.17, 15) is 9.59 Å². The fraction of sp³-hybridized carbons (Fsp3) is 0.417. The maximum atomic E-state index is 13.0. The summed E-state index contributed by atoms with van der Waals surface area (Å²) in [5.41, 5.74) is 2.10. The van der Waals surface area contributed by atoms with Crippen LogP contribution in [-0.4, -0.2) is 43.0 Å². The Balaban J connectivity index is 2.13. The number of aryl methyl sites for hydroxylation is 1. The molecule has 1 atom stereocenters. The number of amides is 2. The first-order valence-corrected chi connectivity index (χ1v) is 10.3. The fourth-order valence-electron chi connectivity index (χ4n) is 2.97. The minimum absolute atomic E-state index is 0.166. The van der Waals surface area contributed by atoms with Crippen LogP contribution in [0, 0.1) is 6.92 Å². The van der Waals surface area contributed by atoms with Crippen LogP contribution in [0.25, 0.3) is 0 Å². The molecule has 0 aliphatic rings. The summed E-state index contributed by atoms with van der Waals surface area (Å²) >= 11 is 0. The number of unbranched alkanes of at least 4 members (excludes halogenated alkanes) is 1. The minimum Gasteiger partial charge on any atom is -0.493 e. The fourth-order valence-corrected chi connectivity index (χ4v) is 2.97. The minimum atomic E-state index is -0.614. The molecule has 2 rings (SSSR count). The number of para-hydroxylation sites is 2. The van der Waals surface area contributed by atoms with Crippen molar-refractivity contribution in [2.45, 2.75) is 46.2 Å². The van der Waals surface area contributed by atoms with Gasteiger partial charge < -0.3 is 19.7 Å². The van der Waals surface area contributed by atoms with Crippen molar-refractivity contribution in [3.63, 3.8) is 0 Å². The Hall–Kier alpha value is -3.02. The van der Waals surface area contributed by atoms with Gasteiger partial charge in [-0.3, -0.25) is 9.59 Å². The van der Waals surface area contributed by atoms with Crippen LogP contribution in [0.2, 0.25) is 0 Å². The van der Waals surface area contributed by atoms with Crippen molar-refractivity contribution in [3.8, 4) is 11.5 Å². The summed E-state index contributed by atoms with van der Waals surface area (Å²) < 4.78 is 11.0. The van der Waals surface area contributed by atoms with E-state index in [4.69, 9.17) is 9.47 Å². The van der Waals surface area contributed by atoms with Gasteiger partial charge in [0.25, 0.3) is 5.91 Å². The Kier molecular flexibility index (Phi) is 9.19. The van der Waals surface area contributed by atoms with Crippen LogP contribution in [0.1, 0.15) is 37.8 Å². The van der Waals surface area contributed by atoms with Crippen LogP contribution < -0.4 is 14.8 Å². The van der Waals surface area contributed by atoms with E-state index >= 15 is 0 Å². The molecule has 0 aliphatic carbocycles. The van der Waals surface area contributed by atoms with Gasteiger partial charge in [0, 0.05) is 13.1 Å². The molecule has 0 unspecified atom stereocenters. The highest BCUT2D eigenvalue weighted by atomic mass is 16.5. The molecule has 1 N–H and O–H groups in total. The van der Waals surface area contributed by atoms with E-state index in [1.165, 1.54) is 0 Å². The summed E-state index contributed by atoms with van der Waals surface area (Å²) in [5, 5.41) is 2.91. The maximum absolute atomic E-state index is 13.0. The Bertz CT molecular complexity index is 820. The van der Waals surface area contributed by atoms with E-state index in [1.807, 2.05) is 43.3 Å². The predicted molar refractivity (Wildman–Crippen MR) is 118 cm³/mol. The van der Waals surface area contributed by atoms with Crippen LogP contribution in [0.3, 0.4) is 0 Å². The van der Waals surface area contributed by atoms with Gasteiger partial charge >= 0.3 is 0 Å². The zero-order chi connectivity index (χ0) is 21.9. The molecule has 0 saturated heterocycles. The highest BCUT2D eigenvalue weighted by Gasteiger charge is 2.26. The number of carbonyl (C=O) groups is 2. The van der Waals surface area contributed by atoms with E-state index in [2.05, 4.69) is 12.2 Å². The van der Waals surface area contributed by atoms with Crippen LogP contribution in [0.15, 0.2) is 48.5 Å². The summed E-state index contributed by atoms with van der Waals surface area (Å²) in [6, 6.07) is 14.5.